The van der Waals surface area contributed by atoms with Crippen LogP contribution in [0.15, 0.2) is 35.7 Å². The molecule has 0 spiro atoms. The Morgan fingerprint density at radius 1 is 1.13 bits per heavy atom. The lowest BCUT2D eigenvalue weighted by atomic mass is 10.2. The average molecular weight is 334 g/mol. The van der Waals surface area contributed by atoms with E-state index in [2.05, 4.69) is 10.6 Å². The molecule has 0 aliphatic heterocycles. The monoisotopic (exact) mass is 334 g/mol. The second-order valence-electron chi connectivity index (χ2n) is 4.61. The molecule has 2 rings (SSSR count). The number of methoxy groups -OCH3 is 2. The molecular weight excluding hydrogens is 316 g/mol. The van der Waals surface area contributed by atoms with E-state index in [4.69, 9.17) is 9.47 Å². The van der Waals surface area contributed by atoms with Crippen molar-refractivity contribution in [2.24, 2.45) is 0 Å². The van der Waals surface area contributed by atoms with E-state index in [9.17, 15) is 9.59 Å². The Kier molecular flexibility index (Phi) is 5.99. The van der Waals surface area contributed by atoms with Gasteiger partial charge in [-0.05, 0) is 23.6 Å². The molecule has 0 saturated carbocycles. The van der Waals surface area contributed by atoms with Gasteiger partial charge in [-0.25, -0.2) is 0 Å². The number of benzene rings is 1. The van der Waals surface area contributed by atoms with Crippen molar-refractivity contribution in [3.05, 3.63) is 46.2 Å². The molecule has 0 aliphatic carbocycles. The van der Waals surface area contributed by atoms with Gasteiger partial charge in [0.25, 0.3) is 5.91 Å². The minimum Gasteiger partial charge on any atom is -0.497 e. The summed E-state index contributed by atoms with van der Waals surface area (Å²) < 4.78 is 10.4. The Balaban J connectivity index is 1.83. The van der Waals surface area contributed by atoms with E-state index >= 15 is 0 Å². The van der Waals surface area contributed by atoms with Crippen LogP contribution < -0.4 is 20.1 Å². The average Bonchev–Trinajstić information content (AvgIpc) is 3.12. The Morgan fingerprint density at radius 2 is 1.96 bits per heavy atom. The van der Waals surface area contributed by atoms with Gasteiger partial charge in [-0.1, -0.05) is 6.07 Å². The van der Waals surface area contributed by atoms with Crippen molar-refractivity contribution in [1.29, 1.82) is 0 Å². The van der Waals surface area contributed by atoms with Crippen LogP contribution in [0.1, 0.15) is 15.2 Å². The first kappa shape index (κ1) is 16.8. The summed E-state index contributed by atoms with van der Waals surface area (Å²) in [6.07, 6.45) is 0. The number of thiophene rings is 1. The molecule has 2 amide bonds. The zero-order chi connectivity index (χ0) is 16.7. The molecule has 0 saturated heterocycles. The number of hydrogen-bond donors (Lipinski definition) is 2. The van der Waals surface area contributed by atoms with Gasteiger partial charge < -0.3 is 20.1 Å². The standard InChI is InChI=1S/C16H18N2O4S/c1-21-12-6-5-11(13(8-12)22-2)9-17-15(19)10-18-16(20)14-4-3-7-23-14/h3-8H,9-10H2,1-2H3,(H,17,19)(H,18,20). The summed E-state index contributed by atoms with van der Waals surface area (Å²) in [6, 6.07) is 8.86. The second-order valence-corrected chi connectivity index (χ2v) is 5.56. The largest absolute Gasteiger partial charge is 0.497 e. The minimum absolute atomic E-state index is 0.0742. The highest BCUT2D eigenvalue weighted by atomic mass is 32.1. The summed E-state index contributed by atoms with van der Waals surface area (Å²) >= 11 is 1.33. The van der Waals surface area contributed by atoms with Crippen molar-refractivity contribution in [2.45, 2.75) is 6.54 Å². The molecule has 0 fully saturated rings. The van der Waals surface area contributed by atoms with Crippen molar-refractivity contribution in [2.75, 3.05) is 20.8 Å². The highest BCUT2D eigenvalue weighted by molar-refractivity contribution is 7.12. The van der Waals surface area contributed by atoms with E-state index in [1.165, 1.54) is 11.3 Å². The van der Waals surface area contributed by atoms with Crippen LogP contribution in [0.5, 0.6) is 11.5 Å². The van der Waals surface area contributed by atoms with Crippen LogP contribution in [0.4, 0.5) is 0 Å². The lowest BCUT2D eigenvalue weighted by Gasteiger charge is -2.11. The van der Waals surface area contributed by atoms with Crippen LogP contribution >= 0.6 is 11.3 Å². The maximum absolute atomic E-state index is 11.8. The van der Waals surface area contributed by atoms with Crippen molar-refractivity contribution in [3.8, 4) is 11.5 Å². The van der Waals surface area contributed by atoms with Crippen molar-refractivity contribution < 1.29 is 19.1 Å². The van der Waals surface area contributed by atoms with E-state index in [1.54, 1.807) is 38.5 Å². The maximum Gasteiger partial charge on any atom is 0.261 e. The molecule has 0 radical (unpaired) electrons. The van der Waals surface area contributed by atoms with Gasteiger partial charge in [0.1, 0.15) is 11.5 Å². The van der Waals surface area contributed by atoms with Gasteiger partial charge in [-0.15, -0.1) is 11.3 Å². The number of ether oxygens (including phenoxy) is 2. The summed E-state index contributed by atoms with van der Waals surface area (Å²) in [5.74, 6) is 0.789. The van der Waals surface area contributed by atoms with Crippen LogP contribution in [0.3, 0.4) is 0 Å². The summed E-state index contributed by atoms with van der Waals surface area (Å²) in [4.78, 5) is 24.1. The molecule has 0 aliphatic rings. The highest BCUT2D eigenvalue weighted by Gasteiger charge is 2.10. The Labute approximate surface area is 138 Å². The van der Waals surface area contributed by atoms with E-state index in [0.29, 0.717) is 22.9 Å². The van der Waals surface area contributed by atoms with Gasteiger partial charge in [0.05, 0.1) is 25.6 Å². The molecule has 7 heteroatoms. The lowest BCUT2D eigenvalue weighted by Crippen LogP contribution is -2.36. The fraction of sp³-hybridized carbons (Fsp3) is 0.250. The molecule has 0 unspecified atom stereocenters. The summed E-state index contributed by atoms with van der Waals surface area (Å²) in [7, 11) is 3.13. The van der Waals surface area contributed by atoms with E-state index in [0.717, 1.165) is 5.56 Å². The quantitative estimate of drug-likeness (QED) is 0.810. The predicted molar refractivity (Wildman–Crippen MR) is 88.0 cm³/mol. The minimum atomic E-state index is -0.271. The predicted octanol–water partition coefficient (Wildman–Crippen LogP) is 1.81. The highest BCUT2D eigenvalue weighted by Crippen LogP contribution is 2.24. The summed E-state index contributed by atoms with van der Waals surface area (Å²) in [5, 5.41) is 7.13. The van der Waals surface area contributed by atoms with Gasteiger partial charge >= 0.3 is 0 Å². The normalized spacial score (nSPS) is 10.0. The van der Waals surface area contributed by atoms with E-state index in [-0.39, 0.29) is 18.4 Å². The van der Waals surface area contributed by atoms with Crippen LogP contribution in [0.2, 0.25) is 0 Å². The molecule has 2 aromatic rings. The first-order valence-electron chi connectivity index (χ1n) is 6.93. The van der Waals surface area contributed by atoms with Gasteiger partial charge in [-0.3, -0.25) is 9.59 Å². The molecule has 1 heterocycles. The van der Waals surface area contributed by atoms with Gasteiger partial charge in [0.2, 0.25) is 5.91 Å². The Bertz CT molecular complexity index is 671. The molecule has 1 aromatic heterocycles. The molecule has 23 heavy (non-hydrogen) atoms. The van der Waals surface area contributed by atoms with Crippen LogP contribution in [-0.4, -0.2) is 32.6 Å². The fourth-order valence-corrected chi connectivity index (χ4v) is 2.55. The van der Waals surface area contributed by atoms with E-state index in [1.807, 2.05) is 11.4 Å². The van der Waals surface area contributed by atoms with Gasteiger partial charge in [-0.2, -0.15) is 0 Å². The smallest absolute Gasteiger partial charge is 0.261 e. The molecule has 6 nitrogen and oxygen atoms in total. The number of hydrogen-bond acceptors (Lipinski definition) is 5. The second kappa shape index (κ2) is 8.19. The van der Waals surface area contributed by atoms with Crippen LogP contribution in [0.25, 0.3) is 0 Å². The maximum atomic E-state index is 11.8. The molecule has 0 atom stereocenters. The third-order valence-corrected chi connectivity index (χ3v) is 3.99. The zero-order valence-electron chi connectivity index (χ0n) is 12.9. The van der Waals surface area contributed by atoms with E-state index < -0.39 is 0 Å². The number of carbonyl (C=O) groups excluding carboxylic acids is 2. The third kappa shape index (κ3) is 4.72. The molecule has 122 valence electrons. The van der Waals surface area contributed by atoms with Gasteiger partial charge in [0, 0.05) is 18.2 Å². The molecule has 1 aromatic carbocycles. The third-order valence-electron chi connectivity index (χ3n) is 3.12. The molecule has 0 bridgehead atoms. The number of carbonyl (C=O) groups is 2. The first-order chi connectivity index (χ1) is 11.1. The Morgan fingerprint density at radius 3 is 2.61 bits per heavy atom. The van der Waals surface area contributed by atoms with Crippen molar-refractivity contribution in [1.82, 2.24) is 10.6 Å². The summed E-state index contributed by atoms with van der Waals surface area (Å²) in [6.45, 7) is 0.232. The van der Waals surface area contributed by atoms with Crippen molar-refractivity contribution in [3.63, 3.8) is 0 Å². The lowest BCUT2D eigenvalue weighted by molar-refractivity contribution is -0.120. The van der Waals surface area contributed by atoms with Gasteiger partial charge in [0.15, 0.2) is 0 Å². The fourth-order valence-electron chi connectivity index (χ4n) is 1.91. The topological polar surface area (TPSA) is 76.7 Å². The van der Waals surface area contributed by atoms with Crippen LogP contribution in [0, 0.1) is 0 Å². The zero-order valence-corrected chi connectivity index (χ0v) is 13.7. The number of rotatable bonds is 7. The first-order valence-corrected chi connectivity index (χ1v) is 7.81. The van der Waals surface area contributed by atoms with Crippen LogP contribution in [-0.2, 0) is 11.3 Å². The SMILES string of the molecule is COc1ccc(CNC(=O)CNC(=O)c2cccs2)c(OC)c1. The molecule has 2 N–H and O–H groups in total. The summed E-state index contributed by atoms with van der Waals surface area (Å²) in [5.41, 5.74) is 0.825. The number of amides is 2. The molecular formula is C16H18N2O4S. The Hall–Kier alpha value is -2.54. The number of nitrogens with one attached hydrogen (secondary N) is 2. The van der Waals surface area contributed by atoms with Crippen molar-refractivity contribution >= 4 is 23.2 Å².